The van der Waals surface area contributed by atoms with Crippen molar-refractivity contribution < 1.29 is 9.59 Å². The van der Waals surface area contributed by atoms with Crippen LogP contribution in [0.4, 0.5) is 5.69 Å². The Hall–Kier alpha value is -1.84. The summed E-state index contributed by atoms with van der Waals surface area (Å²) in [6.45, 7) is 2.95. The molecular formula is C15H18N2O2. The average Bonchev–Trinajstić information content (AvgIpc) is 2.72. The number of anilines is 1. The van der Waals surface area contributed by atoms with E-state index in [0.717, 1.165) is 17.8 Å². The summed E-state index contributed by atoms with van der Waals surface area (Å²) in [6.07, 6.45) is 4.01. The van der Waals surface area contributed by atoms with Crippen LogP contribution in [0.15, 0.2) is 18.2 Å². The van der Waals surface area contributed by atoms with Crippen molar-refractivity contribution in [2.75, 3.05) is 11.9 Å². The van der Waals surface area contributed by atoms with Crippen molar-refractivity contribution in [3.8, 4) is 0 Å². The number of carbonyl (C=O) groups is 2. The van der Waals surface area contributed by atoms with Crippen LogP contribution in [0.25, 0.3) is 0 Å². The molecular weight excluding hydrogens is 240 g/mol. The third-order valence-electron chi connectivity index (χ3n) is 4.23. The number of rotatable bonds is 3. The maximum Gasteiger partial charge on any atom is 0.251 e. The molecule has 0 saturated heterocycles. The highest BCUT2D eigenvalue weighted by atomic mass is 16.2. The summed E-state index contributed by atoms with van der Waals surface area (Å²) in [5.41, 5.74) is 2.65. The van der Waals surface area contributed by atoms with Crippen molar-refractivity contribution in [2.45, 2.75) is 32.6 Å². The van der Waals surface area contributed by atoms with Gasteiger partial charge < -0.3 is 10.6 Å². The summed E-state index contributed by atoms with van der Waals surface area (Å²) in [5, 5.41) is 5.77. The number of fused-ring (bicyclic) bond motifs is 1. The molecule has 2 amide bonds. The van der Waals surface area contributed by atoms with E-state index in [2.05, 4.69) is 17.6 Å². The minimum atomic E-state index is -0.0460. The van der Waals surface area contributed by atoms with Gasteiger partial charge in [0.15, 0.2) is 0 Å². The highest BCUT2D eigenvalue weighted by Crippen LogP contribution is 2.39. The second kappa shape index (κ2) is 4.37. The molecule has 2 N–H and O–H groups in total. The Labute approximate surface area is 112 Å². The third kappa shape index (κ3) is 2.35. The van der Waals surface area contributed by atoms with Crippen molar-refractivity contribution in [3.05, 3.63) is 29.3 Å². The largest absolute Gasteiger partial charge is 0.351 e. The molecule has 1 aliphatic carbocycles. The maximum absolute atomic E-state index is 12.1. The minimum Gasteiger partial charge on any atom is -0.351 e. The zero-order valence-corrected chi connectivity index (χ0v) is 11.1. The molecule has 1 aliphatic heterocycles. The lowest BCUT2D eigenvalue weighted by molar-refractivity contribution is -0.115. The van der Waals surface area contributed by atoms with E-state index in [1.165, 1.54) is 19.3 Å². The summed E-state index contributed by atoms with van der Waals surface area (Å²) < 4.78 is 0. The van der Waals surface area contributed by atoms with Gasteiger partial charge in [-0.1, -0.05) is 13.3 Å². The van der Waals surface area contributed by atoms with Crippen molar-refractivity contribution in [1.29, 1.82) is 0 Å². The van der Waals surface area contributed by atoms with Crippen molar-refractivity contribution in [2.24, 2.45) is 5.41 Å². The third-order valence-corrected chi connectivity index (χ3v) is 4.23. The number of benzene rings is 1. The molecule has 19 heavy (non-hydrogen) atoms. The zero-order valence-electron chi connectivity index (χ0n) is 11.1. The predicted molar refractivity (Wildman–Crippen MR) is 73.1 cm³/mol. The molecule has 4 nitrogen and oxygen atoms in total. The predicted octanol–water partition coefficient (Wildman–Crippen LogP) is 2.10. The quantitative estimate of drug-likeness (QED) is 0.872. The van der Waals surface area contributed by atoms with Gasteiger partial charge in [-0.15, -0.1) is 0 Å². The lowest BCUT2D eigenvalue weighted by atomic mass is 9.70. The fraction of sp³-hybridized carbons (Fsp3) is 0.467. The standard InChI is InChI=1S/C15H18N2O2/c1-15(5-2-6-15)9-16-14(19)10-3-4-12-11(7-10)8-13(18)17-12/h3-4,7H,2,5-6,8-9H2,1H3,(H,16,19)(H,17,18). The SMILES string of the molecule is CC1(CNC(=O)c2ccc3c(c2)CC(=O)N3)CCC1. The Morgan fingerprint density at radius 2 is 2.21 bits per heavy atom. The van der Waals surface area contributed by atoms with Gasteiger partial charge in [-0.05, 0) is 42.0 Å². The number of nitrogens with one attached hydrogen (secondary N) is 2. The van der Waals surface area contributed by atoms with Crippen LogP contribution in [-0.4, -0.2) is 18.4 Å². The average molecular weight is 258 g/mol. The first-order valence-electron chi connectivity index (χ1n) is 6.77. The highest BCUT2D eigenvalue weighted by Gasteiger charge is 2.32. The molecule has 4 heteroatoms. The highest BCUT2D eigenvalue weighted by molar-refractivity contribution is 6.01. The second-order valence-corrected chi connectivity index (χ2v) is 5.94. The Balaban J connectivity index is 1.67. The van der Waals surface area contributed by atoms with Crippen LogP contribution in [0, 0.1) is 5.41 Å². The second-order valence-electron chi connectivity index (χ2n) is 5.94. The lowest BCUT2D eigenvalue weighted by Gasteiger charge is -2.38. The molecule has 100 valence electrons. The minimum absolute atomic E-state index is 0.00506. The van der Waals surface area contributed by atoms with Crippen LogP contribution in [0.3, 0.4) is 0 Å². The van der Waals surface area contributed by atoms with Crippen LogP contribution >= 0.6 is 0 Å². The van der Waals surface area contributed by atoms with E-state index in [0.29, 0.717) is 12.0 Å². The Morgan fingerprint density at radius 1 is 1.42 bits per heavy atom. The van der Waals surface area contributed by atoms with Crippen LogP contribution in [-0.2, 0) is 11.2 Å². The summed E-state index contributed by atoms with van der Waals surface area (Å²) in [7, 11) is 0. The topological polar surface area (TPSA) is 58.2 Å². The maximum atomic E-state index is 12.1. The van der Waals surface area contributed by atoms with Crippen molar-refractivity contribution in [1.82, 2.24) is 5.32 Å². The first-order valence-corrected chi connectivity index (χ1v) is 6.77. The van der Waals surface area contributed by atoms with Gasteiger partial charge in [-0.25, -0.2) is 0 Å². The van der Waals surface area contributed by atoms with Crippen molar-refractivity contribution in [3.63, 3.8) is 0 Å². The van der Waals surface area contributed by atoms with Crippen LogP contribution in [0.1, 0.15) is 42.1 Å². The normalized spacial score (nSPS) is 19.3. The molecule has 2 aliphatic rings. The van der Waals surface area contributed by atoms with Crippen LogP contribution in [0.2, 0.25) is 0 Å². The molecule has 1 heterocycles. The fourth-order valence-electron chi connectivity index (χ4n) is 2.72. The molecule has 3 rings (SSSR count). The molecule has 0 spiro atoms. The van der Waals surface area contributed by atoms with E-state index in [1.54, 1.807) is 12.1 Å². The number of amides is 2. The van der Waals surface area contributed by atoms with Gasteiger partial charge >= 0.3 is 0 Å². The Bertz CT molecular complexity index is 547. The molecule has 0 radical (unpaired) electrons. The van der Waals surface area contributed by atoms with Gasteiger partial charge in [-0.2, -0.15) is 0 Å². The molecule has 0 aromatic heterocycles. The molecule has 1 saturated carbocycles. The molecule has 1 fully saturated rings. The van der Waals surface area contributed by atoms with Crippen LogP contribution < -0.4 is 10.6 Å². The van der Waals surface area contributed by atoms with Gasteiger partial charge in [0.2, 0.25) is 5.91 Å². The van der Waals surface area contributed by atoms with E-state index in [-0.39, 0.29) is 17.2 Å². The van der Waals surface area contributed by atoms with E-state index < -0.39 is 0 Å². The molecule has 0 unspecified atom stereocenters. The van der Waals surface area contributed by atoms with E-state index in [9.17, 15) is 9.59 Å². The summed E-state index contributed by atoms with van der Waals surface area (Å²) in [5.74, 6) is -0.0511. The zero-order chi connectivity index (χ0) is 13.5. The monoisotopic (exact) mass is 258 g/mol. The molecule has 0 atom stereocenters. The Morgan fingerprint density at radius 3 is 2.89 bits per heavy atom. The number of hydrogen-bond acceptors (Lipinski definition) is 2. The van der Waals surface area contributed by atoms with Gasteiger partial charge in [0.05, 0.1) is 6.42 Å². The first kappa shape index (κ1) is 12.2. The number of hydrogen-bond donors (Lipinski definition) is 2. The summed E-state index contributed by atoms with van der Waals surface area (Å²) in [6, 6.07) is 5.38. The van der Waals surface area contributed by atoms with Gasteiger partial charge in [0, 0.05) is 17.8 Å². The smallest absolute Gasteiger partial charge is 0.251 e. The van der Waals surface area contributed by atoms with Crippen LogP contribution in [0.5, 0.6) is 0 Å². The summed E-state index contributed by atoms with van der Waals surface area (Å²) >= 11 is 0. The first-order chi connectivity index (χ1) is 9.06. The molecule has 1 aromatic rings. The van der Waals surface area contributed by atoms with Gasteiger partial charge in [0.25, 0.3) is 5.91 Å². The Kier molecular flexibility index (Phi) is 2.81. The van der Waals surface area contributed by atoms with Gasteiger partial charge in [0.1, 0.15) is 0 Å². The lowest BCUT2D eigenvalue weighted by Crippen LogP contribution is -2.39. The van der Waals surface area contributed by atoms with E-state index in [1.807, 2.05) is 6.07 Å². The van der Waals surface area contributed by atoms with Gasteiger partial charge in [-0.3, -0.25) is 9.59 Å². The van der Waals surface area contributed by atoms with Crippen molar-refractivity contribution >= 4 is 17.5 Å². The molecule has 0 bridgehead atoms. The van der Waals surface area contributed by atoms with E-state index in [4.69, 9.17) is 0 Å². The fourth-order valence-corrected chi connectivity index (χ4v) is 2.72. The molecule has 1 aromatic carbocycles. The summed E-state index contributed by atoms with van der Waals surface area (Å²) in [4.78, 5) is 23.4. The van der Waals surface area contributed by atoms with E-state index >= 15 is 0 Å². The number of carbonyl (C=O) groups excluding carboxylic acids is 2.